The van der Waals surface area contributed by atoms with Crippen LogP contribution in [0.3, 0.4) is 0 Å². The Hall–Kier alpha value is -0.930. The summed E-state index contributed by atoms with van der Waals surface area (Å²) in [5.41, 5.74) is 0. The third kappa shape index (κ3) is 2.09. The van der Waals surface area contributed by atoms with Gasteiger partial charge in [0, 0.05) is 10.9 Å². The zero-order chi connectivity index (χ0) is 11.8. The van der Waals surface area contributed by atoms with E-state index >= 15 is 0 Å². The first-order chi connectivity index (χ1) is 8.24. The highest BCUT2D eigenvalue weighted by molar-refractivity contribution is 7.19. The summed E-state index contributed by atoms with van der Waals surface area (Å²) < 4.78 is 14.5. The number of benzene rings is 1. The van der Waals surface area contributed by atoms with E-state index in [-0.39, 0.29) is 5.82 Å². The van der Waals surface area contributed by atoms with E-state index in [0.717, 1.165) is 23.1 Å². The Morgan fingerprint density at radius 3 is 3.06 bits per heavy atom. The van der Waals surface area contributed by atoms with Gasteiger partial charge in [0.1, 0.15) is 5.82 Å². The monoisotopic (exact) mass is 249 g/mol. The van der Waals surface area contributed by atoms with Gasteiger partial charge >= 0.3 is 0 Å². The highest BCUT2D eigenvalue weighted by Crippen LogP contribution is 2.37. The molecule has 0 aliphatic carbocycles. The van der Waals surface area contributed by atoms with E-state index in [4.69, 9.17) is 0 Å². The fraction of sp³-hybridized carbons (Fsp3) is 0.429. The molecular formula is C14H16FNS. The highest BCUT2D eigenvalue weighted by Gasteiger charge is 2.21. The molecule has 0 bridgehead atoms. The fourth-order valence-corrected chi connectivity index (χ4v) is 3.85. The van der Waals surface area contributed by atoms with Gasteiger partial charge in [0.2, 0.25) is 0 Å². The Balaban J connectivity index is 1.97. The van der Waals surface area contributed by atoms with Gasteiger partial charge in [0.25, 0.3) is 0 Å². The van der Waals surface area contributed by atoms with Crippen molar-refractivity contribution in [1.29, 1.82) is 0 Å². The van der Waals surface area contributed by atoms with Gasteiger partial charge in [-0.25, -0.2) is 4.39 Å². The molecule has 1 aliphatic rings. The zero-order valence-electron chi connectivity index (χ0n) is 9.87. The van der Waals surface area contributed by atoms with Crippen molar-refractivity contribution in [2.75, 3.05) is 6.54 Å². The van der Waals surface area contributed by atoms with Gasteiger partial charge < -0.3 is 5.32 Å². The van der Waals surface area contributed by atoms with Crippen LogP contribution in [-0.4, -0.2) is 12.6 Å². The molecule has 1 saturated heterocycles. The molecule has 3 rings (SSSR count). The van der Waals surface area contributed by atoms with Crippen molar-refractivity contribution in [2.24, 2.45) is 0 Å². The van der Waals surface area contributed by atoms with Gasteiger partial charge in [0.05, 0.1) is 4.70 Å². The van der Waals surface area contributed by atoms with Crippen molar-refractivity contribution in [3.63, 3.8) is 0 Å². The second-order valence-corrected chi connectivity index (χ2v) is 5.97. The lowest BCUT2D eigenvalue weighted by molar-refractivity contribution is 0.384. The van der Waals surface area contributed by atoms with E-state index in [2.05, 4.69) is 18.3 Å². The molecule has 1 N–H and O–H groups in total. The number of hydrogen-bond donors (Lipinski definition) is 1. The summed E-state index contributed by atoms with van der Waals surface area (Å²) in [4.78, 5) is 1.35. The van der Waals surface area contributed by atoms with Crippen LogP contribution in [0, 0.1) is 5.82 Å². The van der Waals surface area contributed by atoms with Crippen molar-refractivity contribution >= 4 is 21.4 Å². The number of piperidine rings is 1. The summed E-state index contributed by atoms with van der Waals surface area (Å²) in [5, 5.41) is 4.51. The molecule has 0 unspecified atom stereocenters. The molecule has 90 valence electrons. The van der Waals surface area contributed by atoms with E-state index in [1.807, 2.05) is 6.07 Å². The molecule has 0 amide bonds. The molecule has 17 heavy (non-hydrogen) atoms. The predicted molar refractivity (Wildman–Crippen MR) is 71.2 cm³/mol. The predicted octanol–water partition coefficient (Wildman–Crippen LogP) is 3.90. The van der Waals surface area contributed by atoms with Crippen LogP contribution in [0.15, 0.2) is 24.3 Å². The number of halogens is 1. The van der Waals surface area contributed by atoms with Crippen molar-refractivity contribution < 1.29 is 4.39 Å². The van der Waals surface area contributed by atoms with E-state index in [9.17, 15) is 4.39 Å². The van der Waals surface area contributed by atoms with Crippen LogP contribution < -0.4 is 5.32 Å². The summed E-state index contributed by atoms with van der Waals surface area (Å²) in [6.07, 6.45) is 2.33. The van der Waals surface area contributed by atoms with Crippen LogP contribution in [0.2, 0.25) is 0 Å². The molecule has 0 spiro atoms. The zero-order valence-corrected chi connectivity index (χ0v) is 10.7. The first kappa shape index (κ1) is 11.2. The fourth-order valence-electron chi connectivity index (χ4n) is 2.64. The van der Waals surface area contributed by atoms with Crippen molar-refractivity contribution in [2.45, 2.75) is 31.7 Å². The van der Waals surface area contributed by atoms with Crippen molar-refractivity contribution in [3.05, 3.63) is 35.0 Å². The summed E-state index contributed by atoms with van der Waals surface area (Å²) in [6, 6.07) is 8.09. The molecule has 1 aromatic heterocycles. The molecule has 2 atom stereocenters. The smallest absolute Gasteiger partial charge is 0.140 e. The van der Waals surface area contributed by atoms with Gasteiger partial charge in [-0.1, -0.05) is 12.1 Å². The van der Waals surface area contributed by atoms with Gasteiger partial charge in [-0.3, -0.25) is 0 Å². The summed E-state index contributed by atoms with van der Waals surface area (Å²) >= 11 is 1.63. The van der Waals surface area contributed by atoms with Crippen LogP contribution in [0.4, 0.5) is 4.39 Å². The Labute approximate surface area is 105 Å². The number of rotatable bonds is 1. The third-order valence-corrected chi connectivity index (χ3v) is 4.86. The van der Waals surface area contributed by atoms with E-state index < -0.39 is 0 Å². The number of hydrogen-bond acceptors (Lipinski definition) is 2. The van der Waals surface area contributed by atoms with Gasteiger partial charge in [-0.05, 0) is 49.7 Å². The molecule has 1 fully saturated rings. The molecule has 1 aromatic carbocycles. The first-order valence-corrected chi connectivity index (χ1v) is 6.97. The molecular weight excluding hydrogens is 233 g/mol. The lowest BCUT2D eigenvalue weighted by Crippen LogP contribution is -2.34. The van der Waals surface area contributed by atoms with Gasteiger partial charge in [-0.15, -0.1) is 11.3 Å². The van der Waals surface area contributed by atoms with E-state index in [0.29, 0.717) is 12.0 Å². The van der Waals surface area contributed by atoms with Gasteiger partial charge in [-0.2, -0.15) is 0 Å². The summed E-state index contributed by atoms with van der Waals surface area (Å²) in [7, 11) is 0. The van der Waals surface area contributed by atoms with Crippen LogP contribution in [0.1, 0.15) is 30.6 Å². The molecule has 2 heterocycles. The lowest BCUT2D eigenvalue weighted by atomic mass is 9.92. The van der Waals surface area contributed by atoms with Gasteiger partial charge in [0.15, 0.2) is 0 Å². The minimum absolute atomic E-state index is 0.0827. The molecule has 3 heteroatoms. The Morgan fingerprint density at radius 2 is 2.29 bits per heavy atom. The number of thiophene rings is 1. The van der Waals surface area contributed by atoms with Crippen LogP contribution >= 0.6 is 11.3 Å². The normalized spacial score (nSPS) is 25.3. The summed E-state index contributed by atoms with van der Waals surface area (Å²) in [6.45, 7) is 3.29. The van der Waals surface area contributed by atoms with Crippen LogP contribution in [0.5, 0.6) is 0 Å². The molecule has 1 aliphatic heterocycles. The Kier molecular flexibility index (Phi) is 2.89. The first-order valence-electron chi connectivity index (χ1n) is 6.15. The van der Waals surface area contributed by atoms with Crippen LogP contribution in [-0.2, 0) is 0 Å². The van der Waals surface area contributed by atoms with E-state index in [1.165, 1.54) is 11.3 Å². The minimum Gasteiger partial charge on any atom is -0.314 e. The van der Waals surface area contributed by atoms with Crippen molar-refractivity contribution in [1.82, 2.24) is 5.32 Å². The van der Waals surface area contributed by atoms with Crippen LogP contribution in [0.25, 0.3) is 10.1 Å². The summed E-state index contributed by atoms with van der Waals surface area (Å²) in [5.74, 6) is 0.517. The molecule has 0 saturated carbocycles. The lowest BCUT2D eigenvalue weighted by Gasteiger charge is -2.27. The molecule has 0 radical (unpaired) electrons. The maximum Gasteiger partial charge on any atom is 0.140 e. The number of fused-ring (bicyclic) bond motifs is 1. The minimum atomic E-state index is -0.0827. The Morgan fingerprint density at radius 1 is 1.41 bits per heavy atom. The third-order valence-electron chi connectivity index (χ3n) is 3.54. The van der Waals surface area contributed by atoms with E-state index in [1.54, 1.807) is 23.5 Å². The average molecular weight is 249 g/mol. The second-order valence-electron chi connectivity index (χ2n) is 4.88. The van der Waals surface area contributed by atoms with Crippen molar-refractivity contribution in [3.8, 4) is 0 Å². The molecule has 2 aromatic rings. The maximum atomic E-state index is 13.6. The largest absolute Gasteiger partial charge is 0.314 e. The second kappa shape index (κ2) is 4.39. The Bertz CT molecular complexity index is 534. The highest BCUT2D eigenvalue weighted by atomic mass is 32.1. The standard InChI is InChI=1S/C14H16FNS/c1-9-7-10(5-6-16-9)13-8-11-3-2-4-12(15)14(11)17-13/h2-4,8-10,16H,5-7H2,1H3/t9-,10+/m1/s1. The topological polar surface area (TPSA) is 12.0 Å². The average Bonchev–Trinajstić information content (AvgIpc) is 2.74. The molecule has 1 nitrogen and oxygen atoms in total. The SMILES string of the molecule is C[C@@H]1C[C@@H](c2cc3cccc(F)c3s2)CCN1. The number of nitrogens with one attached hydrogen (secondary N) is 1. The quantitative estimate of drug-likeness (QED) is 0.808. The maximum absolute atomic E-state index is 13.6.